The molecule has 1 amide bonds. The first kappa shape index (κ1) is 21.9. The second-order valence-corrected chi connectivity index (χ2v) is 8.06. The molecule has 2 heterocycles. The molecule has 30 heavy (non-hydrogen) atoms. The number of nitrogens with one attached hydrogen (secondary N) is 2. The molecule has 1 fully saturated rings. The standard InChI is InChI=1S/C21H28FN3O5/c1-21(2,3)30-20(26)24-12-14(11-22)13-28-16-4-5-17-18(10-16)29-19(25-17)23-8-6-15-7-9-27-15/h4-5,10-11,15H,6-9,12-13H2,1-3H3,(H,23,25)(H,24,26). The molecule has 0 aliphatic carbocycles. The number of benzene rings is 1. The van der Waals surface area contributed by atoms with Gasteiger partial charge < -0.3 is 29.3 Å². The number of fused-ring (bicyclic) bond motifs is 1. The van der Waals surface area contributed by atoms with E-state index in [1.807, 2.05) is 0 Å². The Hall–Kier alpha value is -2.81. The number of carbonyl (C=O) groups excluding carboxylic acids is 1. The van der Waals surface area contributed by atoms with E-state index in [2.05, 4.69) is 15.6 Å². The molecule has 3 rings (SSSR count). The van der Waals surface area contributed by atoms with Gasteiger partial charge in [-0.3, -0.25) is 0 Å². The lowest BCUT2D eigenvalue weighted by Crippen LogP contribution is -2.34. The molecule has 0 spiro atoms. The molecule has 8 nitrogen and oxygen atoms in total. The number of rotatable bonds is 9. The third kappa shape index (κ3) is 6.62. The Bertz CT molecular complexity index is 886. The van der Waals surface area contributed by atoms with Gasteiger partial charge in [-0.1, -0.05) is 0 Å². The van der Waals surface area contributed by atoms with Gasteiger partial charge in [0.1, 0.15) is 23.5 Å². The van der Waals surface area contributed by atoms with E-state index in [4.69, 9.17) is 18.6 Å². The van der Waals surface area contributed by atoms with Crippen molar-refractivity contribution >= 4 is 23.2 Å². The number of hydrogen-bond donors (Lipinski definition) is 2. The number of anilines is 1. The molecule has 1 aliphatic heterocycles. The van der Waals surface area contributed by atoms with Gasteiger partial charge in [0.25, 0.3) is 6.01 Å². The smallest absolute Gasteiger partial charge is 0.407 e. The molecular formula is C21H28FN3O5. The lowest BCUT2D eigenvalue weighted by Gasteiger charge is -2.26. The highest BCUT2D eigenvalue weighted by Crippen LogP contribution is 2.24. The maximum absolute atomic E-state index is 13.1. The summed E-state index contributed by atoms with van der Waals surface area (Å²) in [6, 6.07) is 5.63. The number of halogens is 1. The maximum atomic E-state index is 13.1. The molecule has 0 radical (unpaired) electrons. The zero-order chi connectivity index (χ0) is 21.6. The van der Waals surface area contributed by atoms with Gasteiger partial charge in [0.15, 0.2) is 5.58 Å². The summed E-state index contributed by atoms with van der Waals surface area (Å²) in [6.45, 7) is 6.77. The predicted molar refractivity (Wildman–Crippen MR) is 110 cm³/mol. The molecule has 1 aromatic heterocycles. The number of ether oxygens (including phenoxy) is 3. The van der Waals surface area contributed by atoms with Crippen LogP contribution in [0.15, 0.2) is 34.5 Å². The second kappa shape index (κ2) is 9.80. The summed E-state index contributed by atoms with van der Waals surface area (Å²) in [5.41, 5.74) is 0.898. The maximum Gasteiger partial charge on any atom is 0.407 e. The van der Waals surface area contributed by atoms with E-state index in [1.54, 1.807) is 39.0 Å². The fraction of sp³-hybridized carbons (Fsp3) is 0.524. The van der Waals surface area contributed by atoms with E-state index in [1.165, 1.54) is 0 Å². The lowest BCUT2D eigenvalue weighted by molar-refractivity contribution is -0.0523. The first-order valence-corrected chi connectivity index (χ1v) is 9.96. The minimum atomic E-state index is -0.620. The first-order valence-electron chi connectivity index (χ1n) is 9.96. The number of amides is 1. The monoisotopic (exact) mass is 421 g/mol. The van der Waals surface area contributed by atoms with Gasteiger partial charge >= 0.3 is 6.09 Å². The molecule has 1 aliphatic rings. The van der Waals surface area contributed by atoms with Crippen molar-refractivity contribution in [1.29, 1.82) is 0 Å². The average molecular weight is 421 g/mol. The number of hydrogen-bond acceptors (Lipinski definition) is 7. The summed E-state index contributed by atoms with van der Waals surface area (Å²) in [4.78, 5) is 16.1. The Balaban J connectivity index is 1.47. The van der Waals surface area contributed by atoms with E-state index in [0.717, 1.165) is 26.0 Å². The van der Waals surface area contributed by atoms with Crippen LogP contribution in [0, 0.1) is 0 Å². The highest BCUT2D eigenvalue weighted by Gasteiger charge is 2.18. The normalized spacial score (nSPS) is 16.8. The molecule has 164 valence electrons. The molecule has 1 atom stereocenters. The van der Waals surface area contributed by atoms with Crippen molar-refractivity contribution in [3.63, 3.8) is 0 Å². The van der Waals surface area contributed by atoms with E-state index in [0.29, 0.717) is 35.3 Å². The second-order valence-electron chi connectivity index (χ2n) is 8.06. The molecule has 1 aromatic carbocycles. The van der Waals surface area contributed by atoms with E-state index in [9.17, 15) is 9.18 Å². The van der Waals surface area contributed by atoms with Crippen molar-refractivity contribution in [3.05, 3.63) is 30.1 Å². The summed E-state index contributed by atoms with van der Waals surface area (Å²) >= 11 is 0. The summed E-state index contributed by atoms with van der Waals surface area (Å²) in [6.07, 6.45) is 2.12. The van der Waals surface area contributed by atoms with Crippen molar-refractivity contribution in [1.82, 2.24) is 10.3 Å². The molecule has 2 N–H and O–H groups in total. The third-order valence-corrected chi connectivity index (χ3v) is 4.33. The van der Waals surface area contributed by atoms with Crippen molar-refractivity contribution < 1.29 is 27.8 Å². The van der Waals surface area contributed by atoms with Crippen LogP contribution in [0.3, 0.4) is 0 Å². The number of oxazole rings is 1. The molecular weight excluding hydrogens is 393 g/mol. The van der Waals surface area contributed by atoms with Crippen LogP contribution in [-0.4, -0.2) is 49.1 Å². The summed E-state index contributed by atoms with van der Waals surface area (Å²) in [5, 5.41) is 5.65. The first-order chi connectivity index (χ1) is 14.3. The summed E-state index contributed by atoms with van der Waals surface area (Å²) in [7, 11) is 0. The van der Waals surface area contributed by atoms with Gasteiger partial charge in [-0.15, -0.1) is 0 Å². The van der Waals surface area contributed by atoms with Crippen LogP contribution in [0.25, 0.3) is 11.1 Å². The van der Waals surface area contributed by atoms with Gasteiger partial charge in [-0.2, -0.15) is 4.98 Å². The zero-order valence-corrected chi connectivity index (χ0v) is 17.5. The van der Waals surface area contributed by atoms with Gasteiger partial charge in [-0.05, 0) is 45.7 Å². The minimum Gasteiger partial charge on any atom is -0.489 e. The van der Waals surface area contributed by atoms with Gasteiger partial charge in [-0.25, -0.2) is 9.18 Å². The molecule has 1 unspecified atom stereocenters. The van der Waals surface area contributed by atoms with Crippen LogP contribution < -0.4 is 15.4 Å². The van der Waals surface area contributed by atoms with Crippen molar-refractivity contribution in [2.45, 2.75) is 45.3 Å². The number of aromatic nitrogens is 1. The Morgan fingerprint density at radius 3 is 2.87 bits per heavy atom. The number of carbonyl (C=O) groups is 1. The number of alkyl carbamates (subject to hydrolysis) is 1. The molecule has 9 heteroatoms. The third-order valence-electron chi connectivity index (χ3n) is 4.33. The van der Waals surface area contributed by atoms with Gasteiger partial charge in [0, 0.05) is 31.3 Å². The molecule has 1 saturated heterocycles. The topological polar surface area (TPSA) is 94.9 Å². The Morgan fingerprint density at radius 1 is 1.40 bits per heavy atom. The van der Waals surface area contributed by atoms with Crippen LogP contribution in [-0.2, 0) is 9.47 Å². The largest absolute Gasteiger partial charge is 0.489 e. The van der Waals surface area contributed by atoms with E-state index in [-0.39, 0.29) is 18.7 Å². The SMILES string of the molecule is CC(C)(C)OC(=O)NCC(=CF)COc1ccc2nc(NCCC3CCO3)oc2c1. The number of nitrogens with zero attached hydrogens (tertiary/aromatic N) is 1. The van der Waals surface area contributed by atoms with Gasteiger partial charge in [0.05, 0.1) is 12.4 Å². The summed E-state index contributed by atoms with van der Waals surface area (Å²) in [5.74, 6) is 0.504. The lowest BCUT2D eigenvalue weighted by atomic mass is 10.1. The quantitative estimate of drug-likeness (QED) is 0.627. The molecule has 0 bridgehead atoms. The average Bonchev–Trinajstić information content (AvgIpc) is 3.04. The highest BCUT2D eigenvalue weighted by atomic mass is 19.1. The Labute approximate surface area is 174 Å². The molecule has 2 aromatic rings. The summed E-state index contributed by atoms with van der Waals surface area (Å²) < 4.78 is 34.9. The molecule has 0 saturated carbocycles. The van der Waals surface area contributed by atoms with E-state index >= 15 is 0 Å². The van der Waals surface area contributed by atoms with E-state index < -0.39 is 11.7 Å². The van der Waals surface area contributed by atoms with Crippen molar-refractivity contribution in [2.24, 2.45) is 0 Å². The van der Waals surface area contributed by atoms with Crippen LogP contribution >= 0.6 is 0 Å². The Morgan fingerprint density at radius 2 is 2.20 bits per heavy atom. The minimum absolute atomic E-state index is 0.0191. The fourth-order valence-electron chi connectivity index (χ4n) is 2.72. The highest BCUT2D eigenvalue weighted by molar-refractivity contribution is 5.76. The van der Waals surface area contributed by atoms with Crippen molar-refractivity contribution in [2.75, 3.05) is 31.6 Å². The zero-order valence-electron chi connectivity index (χ0n) is 17.5. The van der Waals surface area contributed by atoms with Crippen LogP contribution in [0.2, 0.25) is 0 Å². The van der Waals surface area contributed by atoms with Crippen molar-refractivity contribution in [3.8, 4) is 5.75 Å². The van der Waals surface area contributed by atoms with Crippen LogP contribution in [0.1, 0.15) is 33.6 Å². The van der Waals surface area contributed by atoms with Crippen LogP contribution in [0.4, 0.5) is 15.2 Å². The van der Waals surface area contributed by atoms with Gasteiger partial charge in [0.2, 0.25) is 0 Å². The Kier molecular flexibility index (Phi) is 7.15. The predicted octanol–water partition coefficient (Wildman–Crippen LogP) is 4.18. The van der Waals surface area contributed by atoms with Crippen LogP contribution in [0.5, 0.6) is 5.75 Å². The fourth-order valence-corrected chi connectivity index (χ4v) is 2.72.